The number of carbonyl (C=O) groups excluding carboxylic acids is 1. The fraction of sp³-hybridized carbons (Fsp3) is 0.400. The largest absolute Gasteiger partial charge is 0.465 e. The van der Waals surface area contributed by atoms with Crippen LogP contribution in [-0.2, 0) is 9.53 Å². The van der Waals surface area contributed by atoms with E-state index in [4.69, 9.17) is 20.9 Å². The van der Waals surface area contributed by atoms with Crippen molar-refractivity contribution in [1.82, 2.24) is 10.1 Å². The number of carbonyl (C=O) groups is 1. The van der Waals surface area contributed by atoms with Gasteiger partial charge in [0, 0.05) is 10.6 Å². The molecule has 1 aromatic heterocycles. The van der Waals surface area contributed by atoms with E-state index in [1.54, 1.807) is 25.1 Å². The summed E-state index contributed by atoms with van der Waals surface area (Å²) in [5, 5.41) is 4.51. The van der Waals surface area contributed by atoms with Crippen molar-refractivity contribution in [2.24, 2.45) is 5.92 Å². The molecule has 0 bridgehead atoms. The van der Waals surface area contributed by atoms with Crippen LogP contribution in [0.15, 0.2) is 28.8 Å². The number of esters is 1. The lowest BCUT2D eigenvalue weighted by Crippen LogP contribution is -2.21. The molecule has 2 rings (SSSR count). The van der Waals surface area contributed by atoms with Crippen molar-refractivity contribution >= 4 is 17.6 Å². The van der Waals surface area contributed by atoms with Gasteiger partial charge in [-0.2, -0.15) is 4.98 Å². The second-order valence-electron chi connectivity index (χ2n) is 4.94. The highest BCUT2D eigenvalue weighted by Gasteiger charge is 2.31. The summed E-state index contributed by atoms with van der Waals surface area (Å²) in [4.78, 5) is 16.3. The van der Waals surface area contributed by atoms with Gasteiger partial charge in [0.15, 0.2) is 0 Å². The Labute approximate surface area is 128 Å². The molecule has 0 saturated heterocycles. The summed E-state index contributed by atoms with van der Waals surface area (Å²) < 4.78 is 10.3. The Morgan fingerprint density at radius 2 is 2.19 bits per heavy atom. The van der Waals surface area contributed by atoms with Gasteiger partial charge in [0.1, 0.15) is 5.92 Å². The van der Waals surface area contributed by atoms with Crippen molar-refractivity contribution in [1.29, 1.82) is 0 Å². The molecule has 0 aliphatic carbocycles. The Balaban J connectivity index is 2.30. The van der Waals surface area contributed by atoms with Crippen LogP contribution in [0.5, 0.6) is 0 Å². The van der Waals surface area contributed by atoms with Gasteiger partial charge in [-0.15, -0.1) is 0 Å². The maximum absolute atomic E-state index is 12.0. The van der Waals surface area contributed by atoms with Gasteiger partial charge in [-0.3, -0.25) is 4.79 Å². The van der Waals surface area contributed by atoms with Gasteiger partial charge in [-0.25, -0.2) is 0 Å². The summed E-state index contributed by atoms with van der Waals surface area (Å²) in [7, 11) is 0. The highest BCUT2D eigenvalue weighted by molar-refractivity contribution is 6.30. The van der Waals surface area contributed by atoms with Crippen LogP contribution in [-0.4, -0.2) is 22.7 Å². The average Bonchev–Trinajstić information content (AvgIpc) is 2.88. The highest BCUT2D eigenvalue weighted by atomic mass is 35.5. The first-order chi connectivity index (χ1) is 10.0. The molecule has 1 heterocycles. The zero-order valence-electron chi connectivity index (χ0n) is 12.2. The Bertz CT molecular complexity index is 625. The Kier molecular flexibility index (Phi) is 4.96. The van der Waals surface area contributed by atoms with E-state index in [9.17, 15) is 4.79 Å². The van der Waals surface area contributed by atoms with E-state index in [0.29, 0.717) is 17.5 Å². The third-order valence-electron chi connectivity index (χ3n) is 3.00. The molecule has 5 nitrogen and oxygen atoms in total. The van der Waals surface area contributed by atoms with E-state index in [2.05, 4.69) is 10.1 Å². The molecule has 2 aromatic rings. The maximum atomic E-state index is 12.0. The predicted octanol–water partition coefficient (Wildman–Crippen LogP) is 3.69. The molecule has 0 spiro atoms. The number of halogens is 1. The number of benzene rings is 1. The molecule has 0 aliphatic rings. The van der Waals surface area contributed by atoms with Gasteiger partial charge in [-0.1, -0.05) is 42.7 Å². The Morgan fingerprint density at radius 1 is 1.43 bits per heavy atom. The summed E-state index contributed by atoms with van der Waals surface area (Å²) in [5.41, 5.74) is 0.740. The predicted molar refractivity (Wildman–Crippen MR) is 79.0 cm³/mol. The first-order valence-corrected chi connectivity index (χ1v) is 7.17. The summed E-state index contributed by atoms with van der Waals surface area (Å²) in [5.74, 6) is -0.253. The normalized spacial score (nSPS) is 12.4. The summed E-state index contributed by atoms with van der Waals surface area (Å²) in [6.45, 7) is 5.90. The van der Waals surface area contributed by atoms with E-state index in [1.165, 1.54) is 0 Å². The van der Waals surface area contributed by atoms with Gasteiger partial charge >= 0.3 is 5.97 Å². The average molecular weight is 309 g/mol. The Morgan fingerprint density at radius 3 is 2.81 bits per heavy atom. The van der Waals surface area contributed by atoms with Crippen LogP contribution in [0.2, 0.25) is 5.02 Å². The minimum absolute atomic E-state index is 0.00305. The third-order valence-corrected chi connectivity index (χ3v) is 3.23. The minimum Gasteiger partial charge on any atom is -0.465 e. The second-order valence-corrected chi connectivity index (χ2v) is 5.38. The molecule has 21 heavy (non-hydrogen) atoms. The zero-order chi connectivity index (χ0) is 15.4. The highest BCUT2D eigenvalue weighted by Crippen LogP contribution is 2.27. The molecule has 1 aromatic carbocycles. The SMILES string of the molecule is CCOC(=O)C(c1nc(-c2cccc(Cl)c2)no1)C(C)C. The van der Waals surface area contributed by atoms with Crippen LogP contribution < -0.4 is 0 Å². The molecule has 1 atom stereocenters. The minimum atomic E-state index is -0.564. The van der Waals surface area contributed by atoms with E-state index in [-0.39, 0.29) is 17.8 Å². The fourth-order valence-corrected chi connectivity index (χ4v) is 2.19. The van der Waals surface area contributed by atoms with Crippen molar-refractivity contribution < 1.29 is 14.1 Å². The molecular weight excluding hydrogens is 292 g/mol. The summed E-state index contributed by atoms with van der Waals surface area (Å²) >= 11 is 5.95. The smallest absolute Gasteiger partial charge is 0.318 e. The topological polar surface area (TPSA) is 65.2 Å². The molecular formula is C15H17ClN2O3. The molecule has 0 fully saturated rings. The van der Waals surface area contributed by atoms with Crippen molar-refractivity contribution in [2.75, 3.05) is 6.61 Å². The maximum Gasteiger partial charge on any atom is 0.318 e. The first-order valence-electron chi connectivity index (χ1n) is 6.79. The van der Waals surface area contributed by atoms with Gasteiger partial charge in [0.25, 0.3) is 0 Å². The number of nitrogens with zero attached hydrogens (tertiary/aromatic N) is 2. The fourth-order valence-electron chi connectivity index (χ4n) is 2.00. The summed E-state index contributed by atoms with van der Waals surface area (Å²) in [6, 6.07) is 7.14. The third kappa shape index (κ3) is 3.61. The van der Waals surface area contributed by atoms with E-state index >= 15 is 0 Å². The monoisotopic (exact) mass is 308 g/mol. The molecule has 0 amide bonds. The van der Waals surface area contributed by atoms with Crippen molar-refractivity contribution in [3.63, 3.8) is 0 Å². The van der Waals surface area contributed by atoms with E-state index < -0.39 is 5.92 Å². The zero-order valence-corrected chi connectivity index (χ0v) is 12.9. The number of hydrogen-bond donors (Lipinski definition) is 0. The van der Waals surface area contributed by atoms with Crippen LogP contribution >= 0.6 is 11.6 Å². The summed E-state index contributed by atoms with van der Waals surface area (Å²) in [6.07, 6.45) is 0. The number of aromatic nitrogens is 2. The van der Waals surface area contributed by atoms with Crippen molar-refractivity contribution in [3.05, 3.63) is 35.2 Å². The van der Waals surface area contributed by atoms with Gasteiger partial charge in [-0.05, 0) is 25.0 Å². The van der Waals surface area contributed by atoms with Crippen LogP contribution in [0, 0.1) is 5.92 Å². The molecule has 6 heteroatoms. The molecule has 0 N–H and O–H groups in total. The second kappa shape index (κ2) is 6.72. The lowest BCUT2D eigenvalue weighted by Gasteiger charge is -2.14. The molecule has 0 aliphatic heterocycles. The lowest BCUT2D eigenvalue weighted by molar-refractivity contribution is -0.146. The van der Waals surface area contributed by atoms with Crippen LogP contribution in [0.3, 0.4) is 0 Å². The first kappa shape index (κ1) is 15.5. The molecule has 0 radical (unpaired) electrons. The van der Waals surface area contributed by atoms with Crippen molar-refractivity contribution in [3.8, 4) is 11.4 Å². The quantitative estimate of drug-likeness (QED) is 0.788. The molecule has 112 valence electrons. The standard InChI is InChI=1S/C15H17ClN2O3/c1-4-20-15(19)12(9(2)3)14-17-13(18-21-14)10-6-5-7-11(16)8-10/h5-9,12H,4H2,1-3H3. The van der Waals surface area contributed by atoms with Crippen LogP contribution in [0.4, 0.5) is 0 Å². The Hall–Kier alpha value is -1.88. The van der Waals surface area contributed by atoms with Crippen LogP contribution in [0.25, 0.3) is 11.4 Å². The van der Waals surface area contributed by atoms with Crippen molar-refractivity contribution in [2.45, 2.75) is 26.7 Å². The number of rotatable bonds is 5. The van der Waals surface area contributed by atoms with Gasteiger partial charge in [0.2, 0.25) is 11.7 Å². The van der Waals surface area contributed by atoms with E-state index in [1.807, 2.05) is 19.9 Å². The number of hydrogen-bond acceptors (Lipinski definition) is 5. The van der Waals surface area contributed by atoms with Gasteiger partial charge in [0.05, 0.1) is 6.61 Å². The molecule has 1 unspecified atom stereocenters. The molecule has 0 saturated carbocycles. The van der Waals surface area contributed by atoms with Gasteiger partial charge < -0.3 is 9.26 Å². The number of ether oxygens (including phenoxy) is 1. The lowest BCUT2D eigenvalue weighted by atomic mass is 9.96. The van der Waals surface area contributed by atoms with Crippen LogP contribution in [0.1, 0.15) is 32.6 Å². The van der Waals surface area contributed by atoms with E-state index in [0.717, 1.165) is 5.56 Å².